The van der Waals surface area contributed by atoms with Gasteiger partial charge in [0.2, 0.25) is 0 Å². The Morgan fingerprint density at radius 2 is 1.96 bits per heavy atom. The van der Waals surface area contributed by atoms with E-state index >= 15 is 0 Å². The molecular weight excluding hydrogens is 354 g/mol. The summed E-state index contributed by atoms with van der Waals surface area (Å²) in [5, 5.41) is 3.37. The predicted octanol–water partition coefficient (Wildman–Crippen LogP) is 3.45. The zero-order valence-electron chi connectivity index (χ0n) is 16.7. The summed E-state index contributed by atoms with van der Waals surface area (Å²) in [6.45, 7) is 7.47. The third kappa shape index (κ3) is 4.81. The van der Waals surface area contributed by atoms with Gasteiger partial charge in [-0.15, -0.1) is 0 Å². The lowest BCUT2D eigenvalue weighted by atomic mass is 10.0. The Bertz CT molecular complexity index is 767. The number of carbonyl (C=O) groups excluding carboxylic acids is 1. The fourth-order valence-electron chi connectivity index (χ4n) is 3.28. The Morgan fingerprint density at radius 1 is 1.18 bits per heavy atom. The summed E-state index contributed by atoms with van der Waals surface area (Å²) in [5.41, 5.74) is 1.65. The average Bonchev–Trinajstić information content (AvgIpc) is 2.76. The molecule has 6 heteroatoms. The van der Waals surface area contributed by atoms with Crippen LogP contribution in [0.4, 0.5) is 0 Å². The molecule has 1 aliphatic rings. The van der Waals surface area contributed by atoms with Crippen molar-refractivity contribution in [3.63, 3.8) is 0 Å². The Kier molecular flexibility index (Phi) is 7.25. The lowest BCUT2D eigenvalue weighted by molar-refractivity contribution is 0.0633. The van der Waals surface area contributed by atoms with Crippen LogP contribution < -0.4 is 14.8 Å². The number of piperazine rings is 1. The predicted molar refractivity (Wildman–Crippen MR) is 109 cm³/mol. The van der Waals surface area contributed by atoms with Crippen LogP contribution in [0.5, 0.6) is 11.5 Å². The van der Waals surface area contributed by atoms with Crippen molar-refractivity contribution in [2.75, 3.05) is 32.8 Å². The van der Waals surface area contributed by atoms with Crippen molar-refractivity contribution in [3.05, 3.63) is 53.9 Å². The molecule has 0 aliphatic carbocycles. The van der Waals surface area contributed by atoms with Gasteiger partial charge in [-0.05, 0) is 42.7 Å². The fraction of sp³-hybridized carbons (Fsp3) is 0.455. The van der Waals surface area contributed by atoms with Gasteiger partial charge in [0.1, 0.15) is 0 Å². The maximum atomic E-state index is 13.3. The van der Waals surface area contributed by atoms with Crippen LogP contribution in [0.15, 0.2) is 42.7 Å². The zero-order valence-corrected chi connectivity index (χ0v) is 16.7. The van der Waals surface area contributed by atoms with Gasteiger partial charge in [-0.3, -0.25) is 9.78 Å². The number of amides is 1. The minimum Gasteiger partial charge on any atom is -0.490 e. The highest BCUT2D eigenvalue weighted by atomic mass is 16.5. The van der Waals surface area contributed by atoms with Crippen LogP contribution in [0, 0.1) is 0 Å². The Hall–Kier alpha value is -2.60. The molecule has 0 saturated carbocycles. The number of pyridine rings is 1. The van der Waals surface area contributed by atoms with Gasteiger partial charge in [0.25, 0.3) is 5.91 Å². The molecule has 28 heavy (non-hydrogen) atoms. The van der Waals surface area contributed by atoms with E-state index in [9.17, 15) is 4.79 Å². The van der Waals surface area contributed by atoms with Gasteiger partial charge in [0.15, 0.2) is 11.5 Å². The number of benzene rings is 1. The number of nitrogens with one attached hydrogen (secondary N) is 1. The monoisotopic (exact) mass is 383 g/mol. The molecular formula is C22H29N3O3. The van der Waals surface area contributed by atoms with Crippen molar-refractivity contribution in [2.24, 2.45) is 0 Å². The molecule has 1 saturated heterocycles. The largest absolute Gasteiger partial charge is 0.490 e. The summed E-state index contributed by atoms with van der Waals surface area (Å²) in [5.74, 6) is 1.32. The van der Waals surface area contributed by atoms with Gasteiger partial charge < -0.3 is 19.7 Å². The summed E-state index contributed by atoms with van der Waals surface area (Å²) in [6.07, 6.45) is 5.39. The van der Waals surface area contributed by atoms with E-state index < -0.39 is 0 Å². The molecule has 150 valence electrons. The van der Waals surface area contributed by atoms with E-state index in [0.29, 0.717) is 43.4 Å². The normalized spacial score (nSPS) is 16.6. The second-order valence-electron chi connectivity index (χ2n) is 6.86. The van der Waals surface area contributed by atoms with Gasteiger partial charge in [0, 0.05) is 37.6 Å². The van der Waals surface area contributed by atoms with Crippen LogP contribution in [0.3, 0.4) is 0 Å². The van der Waals surface area contributed by atoms with Gasteiger partial charge in [-0.25, -0.2) is 0 Å². The molecule has 1 fully saturated rings. The molecule has 1 aromatic carbocycles. The second-order valence-corrected chi connectivity index (χ2v) is 6.86. The molecule has 0 spiro atoms. The smallest absolute Gasteiger partial charge is 0.254 e. The summed E-state index contributed by atoms with van der Waals surface area (Å²) < 4.78 is 11.6. The van der Waals surface area contributed by atoms with Crippen LogP contribution in [-0.4, -0.2) is 48.6 Å². The molecule has 1 N–H and O–H groups in total. The number of aromatic nitrogens is 1. The minimum atomic E-state index is -0.0361. The quantitative estimate of drug-likeness (QED) is 0.756. The van der Waals surface area contributed by atoms with Crippen molar-refractivity contribution in [2.45, 2.75) is 32.7 Å². The minimum absolute atomic E-state index is 0.00116. The van der Waals surface area contributed by atoms with E-state index in [2.05, 4.69) is 24.1 Å². The van der Waals surface area contributed by atoms with E-state index in [0.717, 1.165) is 24.9 Å². The number of hydrogen-bond acceptors (Lipinski definition) is 5. The molecule has 3 rings (SSSR count). The SMILES string of the molecule is CCCOc1ccc(C(=O)N2CCNCC2c2cccnc2)cc1OCCC. The first kappa shape index (κ1) is 20.1. The number of ether oxygens (including phenoxy) is 2. The van der Waals surface area contributed by atoms with Gasteiger partial charge >= 0.3 is 0 Å². The number of rotatable bonds is 8. The van der Waals surface area contributed by atoms with Crippen molar-refractivity contribution in [1.29, 1.82) is 0 Å². The third-order valence-corrected chi connectivity index (χ3v) is 4.69. The lowest BCUT2D eigenvalue weighted by Crippen LogP contribution is -2.48. The van der Waals surface area contributed by atoms with Gasteiger partial charge in [0.05, 0.1) is 19.3 Å². The molecule has 2 aromatic rings. The first-order valence-corrected chi connectivity index (χ1v) is 10.1. The maximum Gasteiger partial charge on any atom is 0.254 e. The van der Waals surface area contributed by atoms with Crippen molar-refractivity contribution >= 4 is 5.91 Å². The molecule has 1 unspecified atom stereocenters. The highest BCUT2D eigenvalue weighted by Crippen LogP contribution is 2.31. The molecule has 2 heterocycles. The molecule has 0 radical (unpaired) electrons. The first-order chi connectivity index (χ1) is 13.7. The summed E-state index contributed by atoms with van der Waals surface area (Å²) in [4.78, 5) is 19.4. The lowest BCUT2D eigenvalue weighted by Gasteiger charge is -2.36. The average molecular weight is 383 g/mol. The highest BCUT2D eigenvalue weighted by Gasteiger charge is 2.29. The van der Waals surface area contributed by atoms with Crippen LogP contribution in [0.25, 0.3) is 0 Å². The Balaban J connectivity index is 1.85. The Labute approximate surface area is 166 Å². The van der Waals surface area contributed by atoms with Crippen LogP contribution in [-0.2, 0) is 0 Å². The van der Waals surface area contributed by atoms with E-state index in [-0.39, 0.29) is 11.9 Å². The third-order valence-electron chi connectivity index (χ3n) is 4.69. The van der Waals surface area contributed by atoms with Crippen molar-refractivity contribution in [1.82, 2.24) is 15.2 Å². The molecule has 6 nitrogen and oxygen atoms in total. The summed E-state index contributed by atoms with van der Waals surface area (Å²) in [7, 11) is 0. The first-order valence-electron chi connectivity index (χ1n) is 10.1. The Morgan fingerprint density at radius 3 is 2.68 bits per heavy atom. The van der Waals surface area contributed by atoms with E-state index in [4.69, 9.17) is 9.47 Å². The molecule has 1 amide bonds. The summed E-state index contributed by atoms with van der Waals surface area (Å²) in [6, 6.07) is 9.37. The molecule has 1 aromatic heterocycles. The van der Waals surface area contributed by atoms with Crippen molar-refractivity contribution in [3.8, 4) is 11.5 Å². The molecule has 1 atom stereocenters. The standard InChI is InChI=1S/C22H29N3O3/c1-3-12-27-20-8-7-17(14-21(20)28-13-4-2)22(26)25-11-10-24-16-19(25)18-6-5-9-23-15-18/h5-9,14-15,19,24H,3-4,10-13,16H2,1-2H3. The number of nitrogens with zero attached hydrogens (tertiary/aromatic N) is 2. The van der Waals surface area contributed by atoms with Crippen molar-refractivity contribution < 1.29 is 14.3 Å². The van der Waals surface area contributed by atoms with Gasteiger partial charge in [-0.2, -0.15) is 0 Å². The number of hydrogen-bond donors (Lipinski definition) is 1. The topological polar surface area (TPSA) is 63.7 Å². The van der Waals surface area contributed by atoms with E-state index in [1.165, 1.54) is 0 Å². The fourth-order valence-corrected chi connectivity index (χ4v) is 3.28. The van der Waals surface area contributed by atoms with Crippen LogP contribution in [0.1, 0.15) is 48.7 Å². The second kappa shape index (κ2) is 10.1. The van der Waals surface area contributed by atoms with Gasteiger partial charge in [-0.1, -0.05) is 19.9 Å². The maximum absolute atomic E-state index is 13.3. The van der Waals surface area contributed by atoms with E-state index in [1.807, 2.05) is 41.4 Å². The van der Waals surface area contributed by atoms with Crippen LogP contribution in [0.2, 0.25) is 0 Å². The molecule has 1 aliphatic heterocycles. The zero-order chi connectivity index (χ0) is 19.8. The van der Waals surface area contributed by atoms with Crippen LogP contribution >= 0.6 is 0 Å². The van der Waals surface area contributed by atoms with E-state index in [1.54, 1.807) is 6.20 Å². The molecule has 0 bridgehead atoms. The number of carbonyl (C=O) groups is 1. The summed E-state index contributed by atoms with van der Waals surface area (Å²) >= 11 is 0. The highest BCUT2D eigenvalue weighted by molar-refractivity contribution is 5.95.